The topological polar surface area (TPSA) is 55.8 Å². The minimum absolute atomic E-state index is 0.127. The zero-order valence-corrected chi connectivity index (χ0v) is 10.4. The third-order valence-electron chi connectivity index (χ3n) is 2.71. The highest BCUT2D eigenvalue weighted by Crippen LogP contribution is 2.34. The summed E-state index contributed by atoms with van der Waals surface area (Å²) in [6, 6.07) is 3.72. The largest absolute Gasteiger partial charge is 0.493 e. The van der Waals surface area contributed by atoms with E-state index < -0.39 is 5.97 Å². The average molecular weight is 238 g/mol. The number of aryl methyl sites for hydroxylation is 1. The molecule has 4 nitrogen and oxygen atoms in total. The lowest BCUT2D eigenvalue weighted by Gasteiger charge is -2.15. The second-order valence-electron chi connectivity index (χ2n) is 3.69. The van der Waals surface area contributed by atoms with Crippen LogP contribution >= 0.6 is 0 Å². The molecule has 1 aromatic carbocycles. The van der Waals surface area contributed by atoms with Crippen molar-refractivity contribution < 1.29 is 19.4 Å². The summed E-state index contributed by atoms with van der Waals surface area (Å²) in [5.74, 6) is 0.600. The first-order chi connectivity index (χ1) is 8.13. The van der Waals surface area contributed by atoms with E-state index >= 15 is 0 Å². The molecule has 0 spiro atoms. The van der Waals surface area contributed by atoms with E-state index in [1.807, 2.05) is 19.1 Å². The number of hydrogen-bond donors (Lipinski definition) is 1. The van der Waals surface area contributed by atoms with Gasteiger partial charge in [0.05, 0.1) is 14.2 Å². The van der Waals surface area contributed by atoms with E-state index in [0.717, 1.165) is 17.5 Å². The van der Waals surface area contributed by atoms with Gasteiger partial charge >= 0.3 is 5.97 Å². The SMILES string of the molecule is CCc1c(CCC(=O)O)ccc(OC)c1OC. The van der Waals surface area contributed by atoms with Crippen molar-refractivity contribution in [3.05, 3.63) is 23.3 Å². The monoisotopic (exact) mass is 238 g/mol. The van der Waals surface area contributed by atoms with Crippen molar-refractivity contribution in [3.8, 4) is 11.5 Å². The van der Waals surface area contributed by atoms with Crippen LogP contribution in [0.1, 0.15) is 24.5 Å². The quantitative estimate of drug-likeness (QED) is 0.826. The Morgan fingerprint density at radius 3 is 2.47 bits per heavy atom. The van der Waals surface area contributed by atoms with Gasteiger partial charge in [-0.15, -0.1) is 0 Å². The first-order valence-corrected chi connectivity index (χ1v) is 5.58. The normalized spacial score (nSPS) is 10.1. The van der Waals surface area contributed by atoms with Crippen molar-refractivity contribution in [2.75, 3.05) is 14.2 Å². The third kappa shape index (κ3) is 3.12. The minimum atomic E-state index is -0.790. The zero-order chi connectivity index (χ0) is 12.8. The second-order valence-corrected chi connectivity index (χ2v) is 3.69. The fourth-order valence-electron chi connectivity index (χ4n) is 1.90. The summed E-state index contributed by atoms with van der Waals surface area (Å²) < 4.78 is 10.6. The van der Waals surface area contributed by atoms with Gasteiger partial charge in [0.2, 0.25) is 0 Å². The molecule has 0 fully saturated rings. The van der Waals surface area contributed by atoms with Crippen molar-refractivity contribution in [3.63, 3.8) is 0 Å². The molecule has 0 heterocycles. The summed E-state index contributed by atoms with van der Waals surface area (Å²) in [6.45, 7) is 2.02. The van der Waals surface area contributed by atoms with Gasteiger partial charge in [0.15, 0.2) is 11.5 Å². The van der Waals surface area contributed by atoms with Crippen LogP contribution in [0.2, 0.25) is 0 Å². The van der Waals surface area contributed by atoms with Crippen LogP contribution in [0.4, 0.5) is 0 Å². The van der Waals surface area contributed by atoms with Crippen LogP contribution in [0.3, 0.4) is 0 Å². The maximum atomic E-state index is 10.6. The lowest BCUT2D eigenvalue weighted by Crippen LogP contribution is -2.03. The van der Waals surface area contributed by atoms with Gasteiger partial charge < -0.3 is 14.6 Å². The van der Waals surface area contributed by atoms with Gasteiger partial charge in [0, 0.05) is 12.0 Å². The molecule has 0 aliphatic rings. The number of hydrogen-bond acceptors (Lipinski definition) is 3. The number of carbonyl (C=O) groups is 1. The highest BCUT2D eigenvalue weighted by atomic mass is 16.5. The van der Waals surface area contributed by atoms with E-state index in [0.29, 0.717) is 17.9 Å². The van der Waals surface area contributed by atoms with E-state index in [1.165, 1.54) is 0 Å². The Balaban J connectivity index is 3.09. The molecule has 0 aromatic heterocycles. The Bertz CT molecular complexity index is 399. The van der Waals surface area contributed by atoms with E-state index in [1.54, 1.807) is 14.2 Å². The Morgan fingerprint density at radius 2 is 2.00 bits per heavy atom. The van der Waals surface area contributed by atoms with E-state index in [9.17, 15) is 4.79 Å². The summed E-state index contributed by atoms with van der Waals surface area (Å²) in [5, 5.41) is 8.71. The van der Waals surface area contributed by atoms with Gasteiger partial charge in [-0.05, 0) is 24.5 Å². The highest BCUT2D eigenvalue weighted by Gasteiger charge is 2.13. The van der Waals surface area contributed by atoms with Crippen LogP contribution in [0.15, 0.2) is 12.1 Å². The Hall–Kier alpha value is -1.71. The number of rotatable bonds is 6. The smallest absolute Gasteiger partial charge is 0.303 e. The molecule has 1 N–H and O–H groups in total. The lowest BCUT2D eigenvalue weighted by atomic mass is 9.99. The summed E-state index contributed by atoms with van der Waals surface area (Å²) >= 11 is 0. The van der Waals surface area contributed by atoms with Gasteiger partial charge in [0.1, 0.15) is 0 Å². The number of carboxylic acid groups (broad SMARTS) is 1. The van der Waals surface area contributed by atoms with Crippen LogP contribution in [0, 0.1) is 0 Å². The molecule has 0 saturated carbocycles. The predicted molar refractivity (Wildman–Crippen MR) is 64.9 cm³/mol. The molecule has 17 heavy (non-hydrogen) atoms. The van der Waals surface area contributed by atoms with E-state index in [-0.39, 0.29) is 6.42 Å². The van der Waals surface area contributed by atoms with Gasteiger partial charge in [-0.3, -0.25) is 4.79 Å². The Morgan fingerprint density at radius 1 is 1.29 bits per heavy atom. The maximum Gasteiger partial charge on any atom is 0.303 e. The van der Waals surface area contributed by atoms with Gasteiger partial charge in [-0.2, -0.15) is 0 Å². The van der Waals surface area contributed by atoms with Gasteiger partial charge in [-0.1, -0.05) is 13.0 Å². The summed E-state index contributed by atoms with van der Waals surface area (Å²) in [7, 11) is 3.19. The van der Waals surface area contributed by atoms with Crippen LogP contribution in [0.5, 0.6) is 11.5 Å². The van der Waals surface area contributed by atoms with Gasteiger partial charge in [0.25, 0.3) is 0 Å². The molecule has 0 saturated heterocycles. The van der Waals surface area contributed by atoms with Crippen molar-refractivity contribution >= 4 is 5.97 Å². The molecule has 0 amide bonds. The molecule has 0 unspecified atom stereocenters. The molecule has 1 aromatic rings. The summed E-state index contributed by atoms with van der Waals surface area (Å²) in [5.41, 5.74) is 2.03. The highest BCUT2D eigenvalue weighted by molar-refractivity contribution is 5.67. The number of ether oxygens (including phenoxy) is 2. The molecular formula is C13H18O4. The first kappa shape index (κ1) is 13.4. The first-order valence-electron chi connectivity index (χ1n) is 5.58. The molecule has 0 aliphatic heterocycles. The molecular weight excluding hydrogens is 220 g/mol. The third-order valence-corrected chi connectivity index (χ3v) is 2.71. The lowest BCUT2D eigenvalue weighted by molar-refractivity contribution is -0.136. The average Bonchev–Trinajstić information content (AvgIpc) is 2.34. The number of methoxy groups -OCH3 is 2. The summed E-state index contributed by atoms with van der Waals surface area (Å²) in [4.78, 5) is 10.6. The van der Waals surface area contributed by atoms with Crippen molar-refractivity contribution in [1.29, 1.82) is 0 Å². The van der Waals surface area contributed by atoms with Gasteiger partial charge in [-0.25, -0.2) is 0 Å². The standard InChI is InChI=1S/C13H18O4/c1-4-10-9(6-8-12(14)15)5-7-11(16-2)13(10)17-3/h5,7H,4,6,8H2,1-3H3,(H,14,15). The minimum Gasteiger partial charge on any atom is -0.493 e. The summed E-state index contributed by atoms with van der Waals surface area (Å²) in [6.07, 6.45) is 1.43. The fourth-order valence-corrected chi connectivity index (χ4v) is 1.90. The predicted octanol–water partition coefficient (Wildman–Crippen LogP) is 2.28. The van der Waals surface area contributed by atoms with Crippen LogP contribution in [-0.4, -0.2) is 25.3 Å². The zero-order valence-electron chi connectivity index (χ0n) is 10.4. The number of aliphatic carboxylic acids is 1. The molecule has 0 radical (unpaired) electrons. The molecule has 0 aliphatic carbocycles. The number of carboxylic acids is 1. The maximum absolute atomic E-state index is 10.6. The molecule has 0 bridgehead atoms. The Labute approximate surface area is 101 Å². The van der Waals surface area contributed by atoms with Crippen LogP contribution in [0.25, 0.3) is 0 Å². The molecule has 1 rings (SSSR count). The fraction of sp³-hybridized carbons (Fsp3) is 0.462. The molecule has 0 atom stereocenters. The van der Waals surface area contributed by atoms with Crippen LogP contribution in [-0.2, 0) is 17.6 Å². The van der Waals surface area contributed by atoms with Crippen molar-refractivity contribution in [1.82, 2.24) is 0 Å². The van der Waals surface area contributed by atoms with E-state index in [2.05, 4.69) is 0 Å². The second kappa shape index (κ2) is 6.13. The molecule has 94 valence electrons. The van der Waals surface area contributed by atoms with Crippen molar-refractivity contribution in [2.24, 2.45) is 0 Å². The van der Waals surface area contributed by atoms with Crippen molar-refractivity contribution in [2.45, 2.75) is 26.2 Å². The number of benzene rings is 1. The van der Waals surface area contributed by atoms with Crippen LogP contribution < -0.4 is 9.47 Å². The molecule has 4 heteroatoms. The Kier molecular flexibility index (Phi) is 4.82. The van der Waals surface area contributed by atoms with E-state index in [4.69, 9.17) is 14.6 Å².